The van der Waals surface area contributed by atoms with Crippen molar-refractivity contribution in [3.05, 3.63) is 46.0 Å². The molecule has 0 aliphatic carbocycles. The van der Waals surface area contributed by atoms with E-state index in [0.717, 1.165) is 43.7 Å². The average Bonchev–Trinajstić information content (AvgIpc) is 3.36. The summed E-state index contributed by atoms with van der Waals surface area (Å²) in [7, 11) is 0. The van der Waals surface area contributed by atoms with Gasteiger partial charge < -0.3 is 15.1 Å². The molecule has 1 aliphatic rings. The Bertz CT molecular complexity index is 659. The summed E-state index contributed by atoms with van der Waals surface area (Å²) < 4.78 is 5.93. The minimum atomic E-state index is 0.252. The fourth-order valence-electron chi connectivity index (χ4n) is 3.19. The van der Waals surface area contributed by atoms with Crippen LogP contribution in [0.3, 0.4) is 0 Å². The molecule has 1 fully saturated rings. The molecule has 0 amide bonds. The van der Waals surface area contributed by atoms with E-state index >= 15 is 0 Å². The third-order valence-electron chi connectivity index (χ3n) is 4.45. The standard InChI is InChI=1S/C19H28N4OS/c1-3-20-19(21-13-16-7-6-12-25-16)22-14-17(23-10-4-5-11-23)18-9-8-15(2)24-18/h6-9,12,17H,3-5,10-11,13-14H2,1-2H3,(H2,20,21,22). The largest absolute Gasteiger partial charge is 0.465 e. The molecule has 2 aromatic rings. The Morgan fingerprint density at radius 1 is 1.28 bits per heavy atom. The third kappa shape index (κ3) is 5.09. The first-order valence-corrected chi connectivity index (χ1v) is 9.99. The van der Waals surface area contributed by atoms with Crippen LogP contribution in [0.15, 0.2) is 39.1 Å². The zero-order valence-electron chi connectivity index (χ0n) is 15.1. The van der Waals surface area contributed by atoms with E-state index in [1.165, 1.54) is 17.7 Å². The van der Waals surface area contributed by atoms with Crippen molar-refractivity contribution in [3.63, 3.8) is 0 Å². The first kappa shape index (κ1) is 18.0. The number of nitrogens with zero attached hydrogens (tertiary/aromatic N) is 2. The number of guanidine groups is 1. The van der Waals surface area contributed by atoms with Gasteiger partial charge in [-0.3, -0.25) is 4.90 Å². The second-order valence-electron chi connectivity index (χ2n) is 6.36. The summed E-state index contributed by atoms with van der Waals surface area (Å²) in [5.74, 6) is 2.88. The van der Waals surface area contributed by atoms with Gasteiger partial charge in [-0.2, -0.15) is 0 Å². The van der Waals surface area contributed by atoms with Crippen LogP contribution >= 0.6 is 11.3 Å². The summed E-state index contributed by atoms with van der Waals surface area (Å²) in [6.07, 6.45) is 2.53. The smallest absolute Gasteiger partial charge is 0.191 e. The summed E-state index contributed by atoms with van der Waals surface area (Å²) in [6.45, 7) is 8.72. The summed E-state index contributed by atoms with van der Waals surface area (Å²) in [5, 5.41) is 8.94. The van der Waals surface area contributed by atoms with Gasteiger partial charge in [0.1, 0.15) is 11.5 Å². The lowest BCUT2D eigenvalue weighted by atomic mass is 10.2. The van der Waals surface area contributed by atoms with E-state index in [1.54, 1.807) is 11.3 Å². The number of rotatable bonds is 7. The highest BCUT2D eigenvalue weighted by molar-refractivity contribution is 7.09. The Labute approximate surface area is 154 Å². The molecule has 3 rings (SSSR count). The summed E-state index contributed by atoms with van der Waals surface area (Å²) in [5.41, 5.74) is 0. The van der Waals surface area contributed by atoms with Crippen molar-refractivity contribution in [1.29, 1.82) is 0 Å². The van der Waals surface area contributed by atoms with Crippen LogP contribution in [0.4, 0.5) is 0 Å². The van der Waals surface area contributed by atoms with Gasteiger partial charge in [-0.25, -0.2) is 4.99 Å². The quantitative estimate of drug-likeness (QED) is 0.586. The van der Waals surface area contributed by atoms with Crippen LogP contribution in [0.2, 0.25) is 0 Å². The van der Waals surface area contributed by atoms with Gasteiger partial charge in [-0.05, 0) is 63.4 Å². The Morgan fingerprint density at radius 2 is 2.12 bits per heavy atom. The van der Waals surface area contributed by atoms with E-state index < -0.39 is 0 Å². The van der Waals surface area contributed by atoms with Crippen LogP contribution in [0.5, 0.6) is 0 Å². The molecule has 2 aromatic heterocycles. The molecule has 0 bridgehead atoms. The zero-order chi connectivity index (χ0) is 17.5. The highest BCUT2D eigenvalue weighted by Crippen LogP contribution is 2.26. The normalized spacial score (nSPS) is 17.0. The predicted octanol–water partition coefficient (Wildman–Crippen LogP) is 3.54. The lowest BCUT2D eigenvalue weighted by Crippen LogP contribution is -2.42. The number of hydrogen-bond donors (Lipinski definition) is 2. The molecule has 1 unspecified atom stereocenters. The van der Waals surface area contributed by atoms with E-state index in [-0.39, 0.29) is 6.04 Å². The summed E-state index contributed by atoms with van der Waals surface area (Å²) in [4.78, 5) is 8.49. The first-order chi connectivity index (χ1) is 12.3. The van der Waals surface area contributed by atoms with Gasteiger partial charge in [0.05, 0.1) is 12.6 Å². The maximum Gasteiger partial charge on any atom is 0.191 e. The molecule has 5 nitrogen and oxygen atoms in total. The van der Waals surface area contributed by atoms with Gasteiger partial charge in [0, 0.05) is 18.0 Å². The third-order valence-corrected chi connectivity index (χ3v) is 5.31. The molecular formula is C19H28N4OS. The van der Waals surface area contributed by atoms with Crippen LogP contribution in [-0.2, 0) is 6.54 Å². The van der Waals surface area contributed by atoms with Crippen molar-refractivity contribution < 1.29 is 4.42 Å². The zero-order valence-corrected chi connectivity index (χ0v) is 15.9. The van der Waals surface area contributed by atoms with Crippen molar-refractivity contribution in [2.75, 3.05) is 26.2 Å². The van der Waals surface area contributed by atoms with Crippen molar-refractivity contribution in [2.45, 2.75) is 39.3 Å². The molecule has 0 saturated carbocycles. The first-order valence-electron chi connectivity index (χ1n) is 9.11. The van der Waals surface area contributed by atoms with Gasteiger partial charge in [0.15, 0.2) is 5.96 Å². The molecule has 25 heavy (non-hydrogen) atoms. The molecule has 6 heteroatoms. The van der Waals surface area contributed by atoms with E-state index in [1.807, 2.05) is 6.92 Å². The van der Waals surface area contributed by atoms with E-state index in [2.05, 4.69) is 52.1 Å². The summed E-state index contributed by atoms with van der Waals surface area (Å²) >= 11 is 1.74. The molecule has 1 atom stereocenters. The number of furan rings is 1. The second kappa shape index (κ2) is 9.06. The Balaban J connectivity index is 1.65. The number of likely N-dealkylation sites (tertiary alicyclic amines) is 1. The van der Waals surface area contributed by atoms with Gasteiger partial charge >= 0.3 is 0 Å². The monoisotopic (exact) mass is 360 g/mol. The topological polar surface area (TPSA) is 52.8 Å². The SMILES string of the molecule is CCNC(=NCc1cccs1)NCC(c1ccc(C)o1)N1CCCC1. The van der Waals surface area contributed by atoms with Crippen LogP contribution in [0.1, 0.15) is 42.2 Å². The maximum atomic E-state index is 5.93. The van der Waals surface area contributed by atoms with E-state index in [9.17, 15) is 0 Å². The number of nitrogens with one attached hydrogen (secondary N) is 2. The van der Waals surface area contributed by atoms with Crippen LogP contribution in [0.25, 0.3) is 0 Å². The predicted molar refractivity (Wildman–Crippen MR) is 104 cm³/mol. The molecule has 1 aliphatic heterocycles. The Hall–Kier alpha value is -1.79. The van der Waals surface area contributed by atoms with Crippen molar-refractivity contribution in [2.24, 2.45) is 4.99 Å². The molecule has 0 spiro atoms. The van der Waals surface area contributed by atoms with Crippen molar-refractivity contribution in [3.8, 4) is 0 Å². The minimum absolute atomic E-state index is 0.252. The fraction of sp³-hybridized carbons (Fsp3) is 0.526. The number of thiophene rings is 1. The molecule has 0 radical (unpaired) electrons. The molecule has 136 valence electrons. The molecule has 3 heterocycles. The van der Waals surface area contributed by atoms with Crippen LogP contribution < -0.4 is 10.6 Å². The molecule has 0 aromatic carbocycles. The van der Waals surface area contributed by atoms with Crippen LogP contribution in [-0.4, -0.2) is 37.0 Å². The molecule has 2 N–H and O–H groups in total. The van der Waals surface area contributed by atoms with Crippen molar-refractivity contribution >= 4 is 17.3 Å². The number of aliphatic imine (C=N–C) groups is 1. The number of aryl methyl sites for hydroxylation is 1. The van der Waals surface area contributed by atoms with E-state index in [4.69, 9.17) is 9.41 Å². The Kier molecular flexibility index (Phi) is 6.53. The molecular weight excluding hydrogens is 332 g/mol. The van der Waals surface area contributed by atoms with E-state index in [0.29, 0.717) is 6.54 Å². The molecule has 1 saturated heterocycles. The highest BCUT2D eigenvalue weighted by atomic mass is 32.1. The van der Waals surface area contributed by atoms with Gasteiger partial charge in [0.25, 0.3) is 0 Å². The second-order valence-corrected chi connectivity index (χ2v) is 7.39. The van der Waals surface area contributed by atoms with Gasteiger partial charge in [0.2, 0.25) is 0 Å². The van der Waals surface area contributed by atoms with Gasteiger partial charge in [-0.1, -0.05) is 6.07 Å². The Morgan fingerprint density at radius 3 is 2.76 bits per heavy atom. The highest BCUT2D eigenvalue weighted by Gasteiger charge is 2.26. The van der Waals surface area contributed by atoms with Crippen LogP contribution in [0, 0.1) is 6.92 Å². The van der Waals surface area contributed by atoms with Gasteiger partial charge in [-0.15, -0.1) is 11.3 Å². The number of hydrogen-bond acceptors (Lipinski definition) is 4. The lowest BCUT2D eigenvalue weighted by molar-refractivity contribution is 0.213. The minimum Gasteiger partial charge on any atom is -0.465 e. The fourth-order valence-corrected chi connectivity index (χ4v) is 3.82. The van der Waals surface area contributed by atoms with Crippen molar-refractivity contribution in [1.82, 2.24) is 15.5 Å². The average molecular weight is 361 g/mol. The summed E-state index contributed by atoms with van der Waals surface area (Å²) in [6, 6.07) is 8.60. The lowest BCUT2D eigenvalue weighted by Gasteiger charge is -2.26. The maximum absolute atomic E-state index is 5.93.